The lowest BCUT2D eigenvalue weighted by Gasteiger charge is -2.15. The van der Waals surface area contributed by atoms with Crippen LogP contribution in [-0.2, 0) is 6.54 Å². The largest absolute Gasteiger partial charge is 0.307 e. The molecular weight excluding hydrogens is 228 g/mol. The van der Waals surface area contributed by atoms with Gasteiger partial charge in [0.1, 0.15) is 6.54 Å². The van der Waals surface area contributed by atoms with Gasteiger partial charge in [0.05, 0.1) is 21.1 Å². The summed E-state index contributed by atoms with van der Waals surface area (Å²) in [6.07, 6.45) is 4.02. The Balaban J connectivity index is 2.91. The molecule has 0 amide bonds. The Hall–Kier alpha value is -1.22. The van der Waals surface area contributed by atoms with Crippen LogP contribution in [0.15, 0.2) is 30.8 Å². The van der Waals surface area contributed by atoms with Gasteiger partial charge in [-0.25, -0.2) is 0 Å². The second kappa shape index (κ2) is 6.50. The fraction of sp³-hybridized carbons (Fsp3) is 0.357. The molecular formula is C14H21N2S+. The van der Waals surface area contributed by atoms with Gasteiger partial charge in [-0.2, -0.15) is 0 Å². The molecule has 2 nitrogen and oxygen atoms in total. The highest BCUT2D eigenvalue weighted by Crippen LogP contribution is 2.14. The Bertz CT molecular complexity index is 420. The third kappa shape index (κ3) is 3.63. The van der Waals surface area contributed by atoms with Gasteiger partial charge in [0, 0.05) is 5.56 Å². The second-order valence-corrected chi connectivity index (χ2v) is 4.91. The van der Waals surface area contributed by atoms with Crippen LogP contribution in [0.2, 0.25) is 0 Å². The maximum absolute atomic E-state index is 3.86. The predicted octanol–water partition coefficient (Wildman–Crippen LogP) is 2.75. The topological polar surface area (TPSA) is 6.25 Å². The van der Waals surface area contributed by atoms with E-state index in [4.69, 9.17) is 0 Å². The number of thioether (sulfide) groups is 1. The third-order valence-electron chi connectivity index (χ3n) is 2.57. The van der Waals surface area contributed by atoms with E-state index in [-0.39, 0.29) is 0 Å². The first-order chi connectivity index (χ1) is 8.10. The van der Waals surface area contributed by atoms with Crippen LogP contribution >= 0.6 is 11.8 Å². The van der Waals surface area contributed by atoms with Crippen molar-refractivity contribution in [2.24, 2.45) is 0 Å². The van der Waals surface area contributed by atoms with E-state index < -0.39 is 0 Å². The van der Waals surface area contributed by atoms with Gasteiger partial charge in [0.15, 0.2) is 0 Å². The van der Waals surface area contributed by atoms with Gasteiger partial charge in [0.25, 0.3) is 0 Å². The van der Waals surface area contributed by atoms with Crippen molar-refractivity contribution in [3.8, 4) is 0 Å². The fourth-order valence-electron chi connectivity index (χ4n) is 1.88. The molecule has 1 aromatic rings. The molecule has 0 atom stereocenters. The van der Waals surface area contributed by atoms with E-state index in [1.165, 1.54) is 16.3 Å². The van der Waals surface area contributed by atoms with Gasteiger partial charge in [-0.15, -0.1) is 0 Å². The minimum Gasteiger partial charge on any atom is -0.262 e. The van der Waals surface area contributed by atoms with Crippen LogP contribution < -0.4 is 0 Å². The highest BCUT2D eigenvalue weighted by atomic mass is 32.2. The van der Waals surface area contributed by atoms with Crippen LogP contribution in [0, 0.1) is 0 Å². The van der Waals surface area contributed by atoms with E-state index >= 15 is 0 Å². The Morgan fingerprint density at radius 3 is 2.59 bits per heavy atom. The monoisotopic (exact) mass is 249 g/mol. The molecule has 0 aromatic heterocycles. The molecule has 0 saturated heterocycles. The molecule has 0 bridgehead atoms. The van der Waals surface area contributed by atoms with E-state index in [1.807, 2.05) is 12.1 Å². The van der Waals surface area contributed by atoms with Crippen molar-refractivity contribution < 1.29 is 4.58 Å². The number of rotatable bonds is 3. The van der Waals surface area contributed by atoms with Gasteiger partial charge >= 0.3 is 5.17 Å². The van der Waals surface area contributed by atoms with Crippen LogP contribution in [0.5, 0.6) is 0 Å². The molecule has 0 fully saturated rings. The molecule has 0 unspecified atom stereocenters. The van der Waals surface area contributed by atoms with E-state index in [0.717, 1.165) is 6.54 Å². The second-order valence-electron chi connectivity index (χ2n) is 4.14. The van der Waals surface area contributed by atoms with Gasteiger partial charge in [-0.1, -0.05) is 36.9 Å². The molecule has 0 radical (unpaired) electrons. The zero-order valence-electron chi connectivity index (χ0n) is 11.1. The quantitative estimate of drug-likeness (QED) is 0.461. The molecule has 0 N–H and O–H groups in total. The first-order valence-corrected chi connectivity index (χ1v) is 6.82. The molecule has 0 heterocycles. The first-order valence-electron chi connectivity index (χ1n) is 5.60. The van der Waals surface area contributed by atoms with Crippen LogP contribution in [0.25, 0.3) is 6.08 Å². The Morgan fingerprint density at radius 2 is 2.06 bits per heavy atom. The van der Waals surface area contributed by atoms with Gasteiger partial charge < -0.3 is 0 Å². The number of amidine groups is 1. The number of benzene rings is 1. The smallest absolute Gasteiger partial charge is 0.262 e. The third-order valence-corrected chi connectivity index (χ3v) is 3.62. The average Bonchev–Trinajstić information content (AvgIpc) is 2.30. The molecule has 3 heteroatoms. The van der Waals surface area contributed by atoms with E-state index in [0.29, 0.717) is 0 Å². The van der Waals surface area contributed by atoms with Crippen molar-refractivity contribution in [3.63, 3.8) is 0 Å². The lowest BCUT2D eigenvalue weighted by atomic mass is 10.1. The van der Waals surface area contributed by atoms with E-state index in [1.54, 1.807) is 11.8 Å². The summed E-state index contributed by atoms with van der Waals surface area (Å²) in [7, 11) is 6.26. The Morgan fingerprint density at radius 1 is 1.41 bits per heavy atom. The summed E-state index contributed by atoms with van der Waals surface area (Å²) >= 11 is 1.76. The van der Waals surface area contributed by atoms with Crippen LogP contribution in [-0.4, -0.2) is 42.0 Å². The van der Waals surface area contributed by atoms with Crippen molar-refractivity contribution in [3.05, 3.63) is 42.0 Å². The molecule has 17 heavy (non-hydrogen) atoms. The van der Waals surface area contributed by atoms with Crippen LogP contribution in [0.3, 0.4) is 0 Å². The summed E-state index contributed by atoms with van der Waals surface area (Å²) in [6, 6.07) is 8.38. The van der Waals surface area contributed by atoms with Crippen molar-refractivity contribution in [1.29, 1.82) is 0 Å². The molecule has 1 rings (SSSR count). The minimum atomic E-state index is 0.899. The average molecular weight is 249 g/mol. The predicted molar refractivity (Wildman–Crippen MR) is 78.6 cm³/mol. The summed E-state index contributed by atoms with van der Waals surface area (Å²) in [6.45, 7) is 4.76. The van der Waals surface area contributed by atoms with Crippen molar-refractivity contribution in [2.45, 2.75) is 6.54 Å². The summed E-state index contributed by atoms with van der Waals surface area (Å²) in [4.78, 5) is 2.26. The molecule has 0 aliphatic rings. The zero-order valence-corrected chi connectivity index (χ0v) is 11.9. The van der Waals surface area contributed by atoms with Crippen molar-refractivity contribution in [1.82, 2.24) is 4.90 Å². The van der Waals surface area contributed by atoms with Crippen molar-refractivity contribution >= 4 is 23.0 Å². The standard InChI is InChI=1S/C14H21N2S/c1-6-12-9-7-8-10-13(12)11-16(4)14(17-5)15(2)3/h6-10H,1,11H2,2-5H3/q+1. The molecule has 0 aliphatic heterocycles. The van der Waals surface area contributed by atoms with Crippen molar-refractivity contribution in [2.75, 3.05) is 27.4 Å². The molecule has 0 aliphatic carbocycles. The van der Waals surface area contributed by atoms with Gasteiger partial charge in [0.2, 0.25) is 0 Å². The fourth-order valence-corrected chi connectivity index (χ4v) is 2.62. The molecule has 1 aromatic carbocycles. The molecule has 0 spiro atoms. The summed E-state index contributed by atoms with van der Waals surface area (Å²) in [5.41, 5.74) is 2.51. The van der Waals surface area contributed by atoms with E-state index in [9.17, 15) is 0 Å². The summed E-state index contributed by atoms with van der Waals surface area (Å²) < 4.78 is 2.14. The highest BCUT2D eigenvalue weighted by molar-refractivity contribution is 8.12. The maximum atomic E-state index is 3.86. The summed E-state index contributed by atoms with van der Waals surface area (Å²) in [5, 5.41) is 1.25. The lowest BCUT2D eigenvalue weighted by Crippen LogP contribution is -2.30. The highest BCUT2D eigenvalue weighted by Gasteiger charge is 2.15. The zero-order chi connectivity index (χ0) is 12.8. The number of hydrogen-bond acceptors (Lipinski definition) is 1. The summed E-state index contributed by atoms with van der Waals surface area (Å²) in [5.74, 6) is 0. The maximum Gasteiger partial charge on any atom is 0.307 e. The normalized spacial score (nSPS) is 9.88. The molecule has 0 saturated carbocycles. The number of nitrogens with zero attached hydrogens (tertiary/aromatic N) is 2. The number of hydrogen-bond donors (Lipinski definition) is 0. The Kier molecular flexibility index (Phi) is 5.29. The van der Waals surface area contributed by atoms with Gasteiger partial charge in [-0.3, -0.25) is 9.48 Å². The SMILES string of the molecule is C=Cc1ccccc1CN(C)C(SC)=[N+](C)C. The van der Waals surface area contributed by atoms with Crippen LogP contribution in [0.1, 0.15) is 11.1 Å². The van der Waals surface area contributed by atoms with Crippen LogP contribution in [0.4, 0.5) is 0 Å². The Labute approximate surface area is 109 Å². The lowest BCUT2D eigenvalue weighted by molar-refractivity contribution is -0.466. The first kappa shape index (κ1) is 13.8. The van der Waals surface area contributed by atoms with E-state index in [2.05, 4.69) is 61.7 Å². The van der Waals surface area contributed by atoms with Gasteiger partial charge in [-0.05, 0) is 23.6 Å². The molecule has 92 valence electrons. The minimum absolute atomic E-state index is 0.899.